The van der Waals surface area contributed by atoms with E-state index in [1.165, 1.54) is 12.8 Å². The standard InChI is InChI=1S/C13H19N5OS/c1-10-16-13(17-19-10)7-18-4-2-3-11(6-18)14-5-12-8-20-9-15-12/h8-9,11,14H,2-7H2,1H3. The van der Waals surface area contributed by atoms with Crippen LogP contribution in [0.25, 0.3) is 0 Å². The molecule has 20 heavy (non-hydrogen) atoms. The molecule has 0 aromatic carbocycles. The van der Waals surface area contributed by atoms with E-state index in [0.717, 1.165) is 37.7 Å². The number of piperidine rings is 1. The van der Waals surface area contributed by atoms with E-state index < -0.39 is 0 Å². The Morgan fingerprint density at radius 2 is 2.50 bits per heavy atom. The van der Waals surface area contributed by atoms with E-state index in [-0.39, 0.29) is 0 Å². The van der Waals surface area contributed by atoms with Crippen LogP contribution in [-0.2, 0) is 13.1 Å². The molecule has 1 N–H and O–H groups in total. The molecule has 1 fully saturated rings. The predicted octanol–water partition coefficient (Wildman–Crippen LogP) is 1.59. The van der Waals surface area contributed by atoms with Gasteiger partial charge in [-0.05, 0) is 19.4 Å². The van der Waals surface area contributed by atoms with Crippen LogP contribution in [0.2, 0.25) is 0 Å². The summed E-state index contributed by atoms with van der Waals surface area (Å²) in [4.78, 5) is 10.9. The summed E-state index contributed by atoms with van der Waals surface area (Å²) in [7, 11) is 0. The highest BCUT2D eigenvalue weighted by atomic mass is 32.1. The second kappa shape index (κ2) is 6.43. The first-order valence-corrected chi connectivity index (χ1v) is 7.86. The first kappa shape index (κ1) is 13.7. The van der Waals surface area contributed by atoms with Crippen LogP contribution in [0.1, 0.15) is 30.3 Å². The molecule has 0 saturated carbocycles. The van der Waals surface area contributed by atoms with Crippen molar-refractivity contribution in [3.05, 3.63) is 28.3 Å². The molecule has 0 amide bonds. The minimum Gasteiger partial charge on any atom is -0.340 e. The van der Waals surface area contributed by atoms with Crippen molar-refractivity contribution in [1.82, 2.24) is 25.3 Å². The maximum absolute atomic E-state index is 5.02. The fraction of sp³-hybridized carbons (Fsp3) is 0.615. The van der Waals surface area contributed by atoms with Gasteiger partial charge in [0.15, 0.2) is 5.82 Å². The van der Waals surface area contributed by atoms with E-state index in [0.29, 0.717) is 11.9 Å². The third-order valence-electron chi connectivity index (χ3n) is 3.50. The average Bonchev–Trinajstić information content (AvgIpc) is 3.09. The lowest BCUT2D eigenvalue weighted by Gasteiger charge is -2.32. The summed E-state index contributed by atoms with van der Waals surface area (Å²) in [6.45, 7) is 5.57. The highest BCUT2D eigenvalue weighted by Gasteiger charge is 2.21. The number of thiazole rings is 1. The summed E-state index contributed by atoms with van der Waals surface area (Å²) in [5.41, 5.74) is 3.00. The zero-order valence-corrected chi connectivity index (χ0v) is 12.4. The van der Waals surface area contributed by atoms with E-state index in [1.807, 2.05) is 12.4 Å². The summed E-state index contributed by atoms with van der Waals surface area (Å²) in [5.74, 6) is 1.41. The molecule has 0 bridgehead atoms. The Kier molecular flexibility index (Phi) is 4.39. The minimum atomic E-state index is 0.512. The van der Waals surface area contributed by atoms with Crippen LogP contribution in [0.5, 0.6) is 0 Å². The molecule has 1 unspecified atom stereocenters. The van der Waals surface area contributed by atoms with Crippen molar-refractivity contribution in [3.63, 3.8) is 0 Å². The summed E-state index contributed by atoms with van der Waals surface area (Å²) < 4.78 is 5.02. The molecule has 1 aliphatic heterocycles. The molecule has 0 aliphatic carbocycles. The molecule has 0 spiro atoms. The average molecular weight is 293 g/mol. The van der Waals surface area contributed by atoms with Crippen LogP contribution < -0.4 is 5.32 Å². The molecule has 2 aromatic rings. The number of likely N-dealkylation sites (tertiary alicyclic amines) is 1. The van der Waals surface area contributed by atoms with Crippen molar-refractivity contribution >= 4 is 11.3 Å². The second-order valence-electron chi connectivity index (χ2n) is 5.16. The van der Waals surface area contributed by atoms with Crippen molar-refractivity contribution in [2.24, 2.45) is 0 Å². The Morgan fingerprint density at radius 1 is 1.55 bits per heavy atom. The Balaban J connectivity index is 1.48. The van der Waals surface area contributed by atoms with Crippen molar-refractivity contribution in [2.75, 3.05) is 13.1 Å². The van der Waals surface area contributed by atoms with E-state index in [2.05, 4.69) is 30.7 Å². The predicted molar refractivity (Wildman–Crippen MR) is 76.3 cm³/mol. The summed E-state index contributed by atoms with van der Waals surface area (Å²) in [6, 6.07) is 0.512. The molecule has 3 rings (SSSR count). The van der Waals surface area contributed by atoms with Crippen LogP contribution in [0.3, 0.4) is 0 Å². The quantitative estimate of drug-likeness (QED) is 0.903. The lowest BCUT2D eigenvalue weighted by molar-refractivity contribution is 0.177. The molecule has 0 radical (unpaired) electrons. The number of nitrogens with one attached hydrogen (secondary N) is 1. The Labute approximate surface area is 122 Å². The minimum absolute atomic E-state index is 0.512. The van der Waals surface area contributed by atoms with Crippen molar-refractivity contribution < 1.29 is 4.52 Å². The largest absolute Gasteiger partial charge is 0.340 e. The molecule has 1 aliphatic rings. The van der Waals surface area contributed by atoms with E-state index in [4.69, 9.17) is 4.52 Å². The van der Waals surface area contributed by atoms with Gasteiger partial charge in [0.2, 0.25) is 5.89 Å². The Hall–Kier alpha value is -1.31. The van der Waals surface area contributed by atoms with Gasteiger partial charge in [-0.25, -0.2) is 4.98 Å². The Morgan fingerprint density at radius 3 is 3.25 bits per heavy atom. The highest BCUT2D eigenvalue weighted by molar-refractivity contribution is 7.07. The van der Waals surface area contributed by atoms with Gasteiger partial charge in [-0.1, -0.05) is 5.16 Å². The van der Waals surface area contributed by atoms with Gasteiger partial charge in [-0.3, -0.25) is 4.90 Å². The summed E-state index contributed by atoms with van der Waals surface area (Å²) in [5, 5.41) is 9.64. The summed E-state index contributed by atoms with van der Waals surface area (Å²) in [6.07, 6.45) is 2.41. The highest BCUT2D eigenvalue weighted by Crippen LogP contribution is 2.13. The van der Waals surface area contributed by atoms with Crippen molar-refractivity contribution in [1.29, 1.82) is 0 Å². The SMILES string of the molecule is Cc1nc(CN2CCCC(NCc3cscn3)C2)no1. The number of aryl methyl sites for hydroxylation is 1. The van der Waals surface area contributed by atoms with E-state index >= 15 is 0 Å². The van der Waals surface area contributed by atoms with Gasteiger partial charge in [0.25, 0.3) is 0 Å². The number of hydrogen-bond donors (Lipinski definition) is 1. The van der Waals surface area contributed by atoms with Gasteiger partial charge in [0.1, 0.15) is 0 Å². The number of rotatable bonds is 5. The topological polar surface area (TPSA) is 67.1 Å². The fourth-order valence-electron chi connectivity index (χ4n) is 2.55. The Bertz CT molecular complexity index is 527. The van der Waals surface area contributed by atoms with Crippen LogP contribution in [0.15, 0.2) is 15.4 Å². The van der Waals surface area contributed by atoms with Gasteiger partial charge in [-0.15, -0.1) is 11.3 Å². The van der Waals surface area contributed by atoms with Gasteiger partial charge in [0.05, 0.1) is 17.7 Å². The van der Waals surface area contributed by atoms with Crippen molar-refractivity contribution in [3.8, 4) is 0 Å². The van der Waals surface area contributed by atoms with Gasteiger partial charge >= 0.3 is 0 Å². The van der Waals surface area contributed by atoms with Gasteiger partial charge in [-0.2, -0.15) is 4.98 Å². The maximum atomic E-state index is 5.02. The molecular weight excluding hydrogens is 274 g/mol. The number of nitrogens with zero attached hydrogens (tertiary/aromatic N) is 4. The first-order valence-electron chi connectivity index (χ1n) is 6.91. The molecule has 2 aromatic heterocycles. The number of hydrogen-bond acceptors (Lipinski definition) is 7. The smallest absolute Gasteiger partial charge is 0.223 e. The molecular formula is C13H19N5OS. The lowest BCUT2D eigenvalue weighted by atomic mass is 10.1. The zero-order chi connectivity index (χ0) is 13.8. The fourth-order valence-corrected chi connectivity index (χ4v) is 3.10. The van der Waals surface area contributed by atoms with Crippen LogP contribution >= 0.6 is 11.3 Å². The third kappa shape index (κ3) is 3.62. The van der Waals surface area contributed by atoms with Crippen LogP contribution in [0, 0.1) is 6.92 Å². The molecule has 1 atom stereocenters. The molecule has 108 valence electrons. The van der Waals surface area contributed by atoms with Crippen LogP contribution in [0.4, 0.5) is 0 Å². The molecule has 6 nitrogen and oxygen atoms in total. The maximum Gasteiger partial charge on any atom is 0.223 e. The van der Waals surface area contributed by atoms with Gasteiger partial charge < -0.3 is 9.84 Å². The van der Waals surface area contributed by atoms with Crippen molar-refractivity contribution in [2.45, 2.75) is 38.9 Å². The monoisotopic (exact) mass is 293 g/mol. The first-order chi connectivity index (χ1) is 9.79. The second-order valence-corrected chi connectivity index (χ2v) is 5.88. The molecule has 3 heterocycles. The zero-order valence-electron chi connectivity index (χ0n) is 11.6. The normalized spacial score (nSPS) is 20.4. The lowest BCUT2D eigenvalue weighted by Crippen LogP contribution is -2.45. The van der Waals surface area contributed by atoms with Crippen LogP contribution in [-0.4, -0.2) is 39.2 Å². The third-order valence-corrected chi connectivity index (χ3v) is 4.13. The van der Waals surface area contributed by atoms with E-state index in [1.54, 1.807) is 11.3 Å². The molecule has 7 heteroatoms. The molecule has 1 saturated heterocycles. The summed E-state index contributed by atoms with van der Waals surface area (Å²) >= 11 is 1.64. The number of aromatic nitrogens is 3. The van der Waals surface area contributed by atoms with Gasteiger partial charge in [0, 0.05) is 31.4 Å². The van der Waals surface area contributed by atoms with E-state index in [9.17, 15) is 0 Å².